The molecule has 0 heterocycles. The average Bonchev–Trinajstić information content (AvgIpc) is 3.70. The van der Waals surface area contributed by atoms with Crippen LogP contribution in [0.4, 0.5) is 0 Å². The molecule has 0 nitrogen and oxygen atoms in total. The molecule has 0 fully saturated rings. The Kier molecular flexibility index (Phi) is 10.2. The topological polar surface area (TPSA) is 0 Å². The minimum atomic E-state index is -4.73. The summed E-state index contributed by atoms with van der Waals surface area (Å²) >= 11 is -4.73. The fraction of sp³-hybridized carbons (Fsp3) is 0.364. The Labute approximate surface area is 299 Å². The molecule has 0 saturated heterocycles. The van der Waals surface area contributed by atoms with Gasteiger partial charge in [0.15, 0.2) is 0 Å². The third-order valence-electron chi connectivity index (χ3n) is 11.6. The number of rotatable bonds is 10. The summed E-state index contributed by atoms with van der Waals surface area (Å²) in [4.78, 5) is 0. The molecule has 0 radical (unpaired) electrons. The summed E-state index contributed by atoms with van der Waals surface area (Å²) in [6.07, 6.45) is 11.8. The van der Waals surface area contributed by atoms with E-state index in [2.05, 4.69) is 158 Å². The van der Waals surface area contributed by atoms with Crippen molar-refractivity contribution >= 4 is 35.1 Å². The molecule has 0 bridgehead atoms. The van der Waals surface area contributed by atoms with Crippen molar-refractivity contribution < 1.29 is 15.6 Å². The molecule has 4 aromatic rings. The van der Waals surface area contributed by atoms with Crippen molar-refractivity contribution in [2.45, 2.75) is 98.9 Å². The summed E-state index contributed by atoms with van der Waals surface area (Å²) in [7, 11) is 17.1. The van der Waals surface area contributed by atoms with Crippen molar-refractivity contribution in [3.8, 4) is 22.3 Å². The Morgan fingerprint density at radius 1 is 0.771 bits per heavy atom. The molecule has 0 saturated carbocycles. The number of allylic oxidation sites excluding steroid dienone is 2. The van der Waals surface area contributed by atoms with E-state index in [1.54, 1.807) is 0 Å². The Bertz CT molecular complexity index is 1860. The van der Waals surface area contributed by atoms with Gasteiger partial charge >= 0.3 is 302 Å². The molecule has 2 aliphatic carbocycles. The van der Waals surface area contributed by atoms with Gasteiger partial charge in [-0.25, -0.2) is 0 Å². The Hall–Kier alpha value is -1.96. The SMILES string of the molecule is CCCCC1=Cc2c(-c3ccc(C(C)CC)cc3)cccc2[CH]1[Zr]([Cl])([Cl])([CH]1C=Cc2c(-c3ccc(C(C)(C)C)cc3)cccc21)[SiH](C)C. The van der Waals surface area contributed by atoms with Crippen LogP contribution in [0, 0.1) is 0 Å². The van der Waals surface area contributed by atoms with Gasteiger partial charge in [0.25, 0.3) is 0 Å². The number of halogens is 2. The van der Waals surface area contributed by atoms with Crippen LogP contribution in [0.2, 0.25) is 13.1 Å². The molecule has 48 heavy (non-hydrogen) atoms. The first-order valence-corrected chi connectivity index (χ1v) is 34.5. The van der Waals surface area contributed by atoms with Crippen molar-refractivity contribution in [2.24, 2.45) is 0 Å². The van der Waals surface area contributed by atoms with Crippen molar-refractivity contribution in [3.05, 3.63) is 130 Å². The Morgan fingerprint density at radius 3 is 1.92 bits per heavy atom. The van der Waals surface area contributed by atoms with Gasteiger partial charge in [0, 0.05) is 0 Å². The minimum absolute atomic E-state index is 0.0877. The van der Waals surface area contributed by atoms with Crippen LogP contribution in [-0.2, 0) is 21.0 Å². The zero-order chi connectivity index (χ0) is 34.5. The number of benzene rings is 4. The number of unbranched alkanes of at least 4 members (excludes halogenated alkanes) is 1. The Balaban J connectivity index is 1.47. The molecular formula is C44H53Cl2SiZr. The van der Waals surface area contributed by atoms with Crippen LogP contribution in [0.1, 0.15) is 114 Å². The van der Waals surface area contributed by atoms with Gasteiger partial charge in [-0.1, -0.05) is 0 Å². The fourth-order valence-corrected chi connectivity index (χ4v) is 37.7. The van der Waals surface area contributed by atoms with E-state index >= 15 is 0 Å². The molecular weight excluding hydrogens is 719 g/mol. The van der Waals surface area contributed by atoms with Crippen LogP contribution in [0.15, 0.2) is 96.6 Å². The maximum atomic E-state index is 8.56. The molecule has 251 valence electrons. The molecule has 0 spiro atoms. The van der Waals surface area contributed by atoms with Crippen LogP contribution < -0.4 is 0 Å². The molecule has 2 aliphatic rings. The van der Waals surface area contributed by atoms with E-state index in [0.717, 1.165) is 25.7 Å². The number of hydrogen-bond acceptors (Lipinski definition) is 0. The molecule has 0 amide bonds. The van der Waals surface area contributed by atoms with Gasteiger partial charge in [-0.15, -0.1) is 0 Å². The standard InChI is InChI=1S/C23H27.C19H19.C2H7Si.2ClH.Zr/c1-4-6-8-18-15-21-9-7-10-22(23(21)16-18)20-13-11-19(12-14-20)17(3)5-2;1-19(2,3)16-12-10-15(11-13-16)18-9-5-7-14-6-4-8-17(14)18;1-3-2;;;/h7,9-17H,4-6,8H2,1-3H3;4-13H,1-3H3;3H,1-2H3;2*1H;/q;;;;;+2/p-2. The van der Waals surface area contributed by atoms with E-state index < -0.39 is 21.5 Å². The van der Waals surface area contributed by atoms with Crippen LogP contribution in [0.5, 0.6) is 0 Å². The van der Waals surface area contributed by atoms with Crippen molar-refractivity contribution in [1.29, 1.82) is 0 Å². The molecule has 4 heteroatoms. The van der Waals surface area contributed by atoms with Crippen LogP contribution in [-0.4, -0.2) is 5.92 Å². The summed E-state index contributed by atoms with van der Waals surface area (Å²) in [6.45, 7) is 18.6. The van der Waals surface area contributed by atoms with Crippen molar-refractivity contribution in [2.75, 3.05) is 0 Å². The summed E-state index contributed by atoms with van der Waals surface area (Å²) < 4.78 is 0.210. The summed E-state index contributed by atoms with van der Waals surface area (Å²) in [6, 6.07) is 32.2. The first-order chi connectivity index (χ1) is 22.8. The second-order valence-electron chi connectivity index (χ2n) is 15.8. The van der Waals surface area contributed by atoms with E-state index in [9.17, 15) is 0 Å². The monoisotopic (exact) mass is 769 g/mol. The Morgan fingerprint density at radius 2 is 1.35 bits per heavy atom. The van der Waals surface area contributed by atoms with E-state index in [0.29, 0.717) is 5.92 Å². The molecule has 4 aromatic carbocycles. The molecule has 0 aromatic heterocycles. The second-order valence-corrected chi connectivity index (χ2v) is 58.5. The number of hydrogen-bond donors (Lipinski definition) is 0. The van der Waals surface area contributed by atoms with E-state index in [1.165, 1.54) is 61.2 Å². The van der Waals surface area contributed by atoms with Gasteiger partial charge in [0.2, 0.25) is 0 Å². The van der Waals surface area contributed by atoms with Crippen LogP contribution in [0.25, 0.3) is 34.4 Å². The first kappa shape index (κ1) is 35.9. The van der Waals surface area contributed by atoms with Gasteiger partial charge in [0.05, 0.1) is 0 Å². The zero-order valence-electron chi connectivity index (χ0n) is 30.2. The normalized spacial score (nSPS) is 18.7. The second kappa shape index (κ2) is 13.6. The summed E-state index contributed by atoms with van der Waals surface area (Å²) in [5.74, 6) is -1.03. The van der Waals surface area contributed by atoms with Gasteiger partial charge in [0.1, 0.15) is 0 Å². The molecule has 6 rings (SSSR count). The molecule has 0 aliphatic heterocycles. The predicted octanol–water partition coefficient (Wildman–Crippen LogP) is 14.2. The molecule has 3 unspecified atom stereocenters. The third kappa shape index (κ3) is 6.16. The number of fused-ring (bicyclic) bond motifs is 2. The van der Waals surface area contributed by atoms with Crippen molar-refractivity contribution in [3.63, 3.8) is 0 Å². The summed E-state index contributed by atoms with van der Waals surface area (Å²) in [5.41, 5.74) is 14.8. The fourth-order valence-electron chi connectivity index (χ4n) is 8.28. The van der Waals surface area contributed by atoms with E-state index in [1.807, 2.05) is 0 Å². The van der Waals surface area contributed by atoms with Gasteiger partial charge < -0.3 is 0 Å². The third-order valence-corrected chi connectivity index (χ3v) is 63.6. The van der Waals surface area contributed by atoms with Crippen LogP contribution >= 0.6 is 17.0 Å². The quantitative estimate of drug-likeness (QED) is 0.141. The predicted molar refractivity (Wildman–Crippen MR) is 214 cm³/mol. The van der Waals surface area contributed by atoms with Gasteiger partial charge in [-0.3, -0.25) is 0 Å². The zero-order valence-corrected chi connectivity index (χ0v) is 35.3. The van der Waals surface area contributed by atoms with Gasteiger partial charge in [-0.2, -0.15) is 0 Å². The molecule has 3 atom stereocenters. The van der Waals surface area contributed by atoms with E-state index in [-0.39, 0.29) is 12.7 Å². The van der Waals surface area contributed by atoms with Gasteiger partial charge in [-0.05, 0) is 0 Å². The first-order valence-electron chi connectivity index (χ1n) is 18.2. The van der Waals surface area contributed by atoms with Crippen molar-refractivity contribution in [1.82, 2.24) is 0 Å². The summed E-state index contributed by atoms with van der Waals surface area (Å²) in [5, 5.41) is 0. The average molecular weight is 772 g/mol. The molecule has 0 N–H and O–H groups in total. The van der Waals surface area contributed by atoms with Crippen LogP contribution in [0.3, 0.4) is 0 Å². The van der Waals surface area contributed by atoms with E-state index in [4.69, 9.17) is 17.0 Å². The maximum absolute atomic E-state index is 8.56.